The zero-order valence-corrected chi connectivity index (χ0v) is 13.7. The topological polar surface area (TPSA) is 73.6 Å². The number of anilines is 1. The fourth-order valence-corrected chi connectivity index (χ4v) is 2.23. The van der Waals surface area contributed by atoms with Crippen molar-refractivity contribution >= 4 is 11.6 Å². The minimum Gasteiger partial charge on any atom is -0.457 e. The quantitative estimate of drug-likeness (QED) is 0.635. The number of amides is 1. The summed E-state index contributed by atoms with van der Waals surface area (Å²) in [5.41, 5.74) is 8.88. The lowest BCUT2D eigenvalue weighted by Gasteiger charge is -2.12. The fraction of sp³-hybridized carbons (Fsp3) is 0.278. The van der Waals surface area contributed by atoms with E-state index in [4.69, 9.17) is 15.2 Å². The molecule has 0 saturated carbocycles. The van der Waals surface area contributed by atoms with Crippen molar-refractivity contribution in [3.63, 3.8) is 0 Å². The second-order valence-electron chi connectivity index (χ2n) is 5.35. The highest BCUT2D eigenvalue weighted by atomic mass is 16.5. The number of nitrogen functional groups attached to an aromatic ring is 1. The Kier molecular flexibility index (Phi) is 5.60. The van der Waals surface area contributed by atoms with Crippen LogP contribution in [0.3, 0.4) is 0 Å². The van der Waals surface area contributed by atoms with Gasteiger partial charge in [0.25, 0.3) is 5.91 Å². The van der Waals surface area contributed by atoms with Crippen LogP contribution in [0.5, 0.6) is 11.5 Å². The van der Waals surface area contributed by atoms with Gasteiger partial charge in [-0.15, -0.1) is 0 Å². The summed E-state index contributed by atoms with van der Waals surface area (Å²) in [4.78, 5) is 12.1. The van der Waals surface area contributed by atoms with Gasteiger partial charge >= 0.3 is 0 Å². The Hall–Kier alpha value is -2.53. The number of nitrogens with two attached hydrogens (primary N) is 1. The molecule has 0 fully saturated rings. The van der Waals surface area contributed by atoms with Crippen molar-refractivity contribution in [3.8, 4) is 11.5 Å². The van der Waals surface area contributed by atoms with E-state index in [1.807, 2.05) is 32.0 Å². The van der Waals surface area contributed by atoms with Crippen LogP contribution >= 0.6 is 0 Å². The van der Waals surface area contributed by atoms with Gasteiger partial charge in [0, 0.05) is 24.9 Å². The van der Waals surface area contributed by atoms with Crippen LogP contribution in [0, 0.1) is 13.8 Å². The molecule has 0 spiro atoms. The highest BCUT2D eigenvalue weighted by Gasteiger charge is 2.10. The number of carbonyl (C=O) groups is 1. The second kappa shape index (κ2) is 7.65. The molecule has 0 radical (unpaired) electrons. The molecule has 0 atom stereocenters. The summed E-state index contributed by atoms with van der Waals surface area (Å²) in [6, 6.07) is 10.9. The van der Waals surface area contributed by atoms with Crippen LogP contribution < -0.4 is 15.8 Å². The van der Waals surface area contributed by atoms with Gasteiger partial charge in [-0.1, -0.05) is 0 Å². The highest BCUT2D eigenvalue weighted by molar-refractivity contribution is 5.95. The molecule has 1 amide bonds. The number of carbonyl (C=O) groups excluding carboxylic acids is 1. The summed E-state index contributed by atoms with van der Waals surface area (Å²) in [6.45, 7) is 4.80. The maximum Gasteiger partial charge on any atom is 0.251 e. The molecule has 0 bridgehead atoms. The van der Waals surface area contributed by atoms with Crippen LogP contribution in [0.4, 0.5) is 5.69 Å². The van der Waals surface area contributed by atoms with Crippen LogP contribution in [0.15, 0.2) is 36.4 Å². The number of hydrogen-bond donors (Lipinski definition) is 2. The molecule has 0 unspecified atom stereocenters. The number of benzene rings is 2. The van der Waals surface area contributed by atoms with Crippen LogP contribution in [0.2, 0.25) is 0 Å². The van der Waals surface area contributed by atoms with E-state index in [9.17, 15) is 4.79 Å². The maximum absolute atomic E-state index is 12.1. The Morgan fingerprint density at radius 3 is 2.57 bits per heavy atom. The first-order chi connectivity index (χ1) is 11.0. The maximum atomic E-state index is 12.1. The number of ether oxygens (including phenoxy) is 2. The van der Waals surface area contributed by atoms with Crippen LogP contribution in [0.25, 0.3) is 0 Å². The van der Waals surface area contributed by atoms with E-state index < -0.39 is 0 Å². The van der Waals surface area contributed by atoms with E-state index in [2.05, 4.69) is 5.32 Å². The lowest BCUT2D eigenvalue weighted by atomic mass is 10.1. The van der Waals surface area contributed by atoms with Gasteiger partial charge in [0.1, 0.15) is 11.5 Å². The molecule has 0 aromatic heterocycles. The molecule has 0 heterocycles. The first-order valence-electron chi connectivity index (χ1n) is 7.43. The van der Waals surface area contributed by atoms with Crippen molar-refractivity contribution in [2.75, 3.05) is 26.0 Å². The molecule has 23 heavy (non-hydrogen) atoms. The molecule has 0 aliphatic rings. The van der Waals surface area contributed by atoms with Crippen LogP contribution in [0.1, 0.15) is 21.5 Å². The van der Waals surface area contributed by atoms with E-state index in [0.29, 0.717) is 30.2 Å². The Labute approximate surface area is 136 Å². The number of methoxy groups -OCH3 is 1. The van der Waals surface area contributed by atoms with Gasteiger partial charge in [-0.05, 0) is 61.4 Å². The van der Waals surface area contributed by atoms with E-state index >= 15 is 0 Å². The highest BCUT2D eigenvalue weighted by Crippen LogP contribution is 2.27. The molecule has 2 aromatic carbocycles. The minimum absolute atomic E-state index is 0.116. The summed E-state index contributed by atoms with van der Waals surface area (Å²) < 4.78 is 10.8. The second-order valence-corrected chi connectivity index (χ2v) is 5.35. The lowest BCUT2D eigenvalue weighted by Crippen LogP contribution is -2.27. The van der Waals surface area contributed by atoms with Crippen molar-refractivity contribution < 1.29 is 14.3 Å². The van der Waals surface area contributed by atoms with Gasteiger partial charge in [0.2, 0.25) is 0 Å². The van der Waals surface area contributed by atoms with Crippen molar-refractivity contribution in [3.05, 3.63) is 53.1 Å². The van der Waals surface area contributed by atoms with Crippen molar-refractivity contribution in [1.29, 1.82) is 0 Å². The third-order valence-corrected chi connectivity index (χ3v) is 3.46. The molecule has 5 heteroatoms. The van der Waals surface area contributed by atoms with Crippen molar-refractivity contribution in [2.45, 2.75) is 13.8 Å². The van der Waals surface area contributed by atoms with Gasteiger partial charge in [-0.2, -0.15) is 0 Å². The van der Waals surface area contributed by atoms with Gasteiger partial charge in [0.05, 0.1) is 6.61 Å². The molecule has 0 saturated heterocycles. The summed E-state index contributed by atoms with van der Waals surface area (Å²) in [6.07, 6.45) is 0. The number of hydrogen-bond acceptors (Lipinski definition) is 4. The summed E-state index contributed by atoms with van der Waals surface area (Å²) >= 11 is 0. The lowest BCUT2D eigenvalue weighted by molar-refractivity contribution is 0.0936. The van der Waals surface area contributed by atoms with Crippen LogP contribution in [-0.2, 0) is 4.74 Å². The monoisotopic (exact) mass is 314 g/mol. The molecule has 2 rings (SSSR count). The SMILES string of the molecule is COCCNC(=O)c1ccc(Oc2ccc(N)cc2C)cc1C. The minimum atomic E-state index is -0.116. The smallest absolute Gasteiger partial charge is 0.251 e. The number of aryl methyl sites for hydroxylation is 2. The van der Waals surface area contributed by atoms with Gasteiger partial charge in [0.15, 0.2) is 0 Å². The van der Waals surface area contributed by atoms with E-state index in [-0.39, 0.29) is 5.91 Å². The molecule has 122 valence electrons. The van der Waals surface area contributed by atoms with Crippen molar-refractivity contribution in [2.24, 2.45) is 0 Å². The summed E-state index contributed by atoms with van der Waals surface area (Å²) in [7, 11) is 1.60. The first kappa shape index (κ1) is 16.8. The molecule has 5 nitrogen and oxygen atoms in total. The third-order valence-electron chi connectivity index (χ3n) is 3.46. The molecule has 0 aliphatic carbocycles. The fourth-order valence-electron chi connectivity index (χ4n) is 2.23. The molecule has 2 aromatic rings. The van der Waals surface area contributed by atoms with E-state index in [0.717, 1.165) is 16.9 Å². The molecule has 3 N–H and O–H groups in total. The molecular formula is C18H22N2O3. The predicted octanol–water partition coefficient (Wildman–Crippen LogP) is 3.05. The Morgan fingerprint density at radius 2 is 1.91 bits per heavy atom. The van der Waals surface area contributed by atoms with Gasteiger partial charge in [-0.25, -0.2) is 0 Å². The normalized spacial score (nSPS) is 10.4. The average molecular weight is 314 g/mol. The van der Waals surface area contributed by atoms with Crippen LogP contribution in [-0.4, -0.2) is 26.2 Å². The molecular weight excluding hydrogens is 292 g/mol. The van der Waals surface area contributed by atoms with Gasteiger partial charge in [-0.3, -0.25) is 4.79 Å². The van der Waals surface area contributed by atoms with E-state index in [1.165, 1.54) is 0 Å². The first-order valence-corrected chi connectivity index (χ1v) is 7.43. The number of nitrogens with one attached hydrogen (secondary N) is 1. The Morgan fingerprint density at radius 1 is 1.13 bits per heavy atom. The Balaban J connectivity index is 2.11. The van der Waals surface area contributed by atoms with Crippen molar-refractivity contribution in [1.82, 2.24) is 5.32 Å². The zero-order valence-electron chi connectivity index (χ0n) is 13.7. The average Bonchev–Trinajstić information content (AvgIpc) is 2.50. The number of rotatable bonds is 6. The van der Waals surface area contributed by atoms with Gasteiger partial charge < -0.3 is 20.5 Å². The standard InChI is InChI=1S/C18H22N2O3/c1-12-11-15(23-17-7-4-14(19)10-13(17)2)5-6-16(12)18(21)20-8-9-22-3/h4-7,10-11H,8-9,19H2,1-3H3,(H,20,21). The zero-order chi connectivity index (χ0) is 16.8. The largest absolute Gasteiger partial charge is 0.457 e. The van der Waals surface area contributed by atoms with E-state index in [1.54, 1.807) is 25.3 Å². The third kappa shape index (κ3) is 4.47. The molecule has 0 aliphatic heterocycles. The summed E-state index contributed by atoms with van der Waals surface area (Å²) in [5.74, 6) is 1.31. The Bertz CT molecular complexity index is 699. The predicted molar refractivity (Wildman–Crippen MR) is 91.1 cm³/mol. The summed E-state index contributed by atoms with van der Waals surface area (Å²) in [5, 5.41) is 2.81.